The Bertz CT molecular complexity index is 1330. The zero-order chi connectivity index (χ0) is 27.2. The Labute approximate surface area is 224 Å². The lowest BCUT2D eigenvalue weighted by molar-refractivity contribution is -0.139. The highest BCUT2D eigenvalue weighted by Crippen LogP contribution is 2.30. The first-order chi connectivity index (χ1) is 17.5. The van der Waals surface area contributed by atoms with E-state index < -0.39 is 28.5 Å². The fraction of sp³-hybridized carbons (Fsp3) is 0.286. The first kappa shape index (κ1) is 28.2. The summed E-state index contributed by atoms with van der Waals surface area (Å²) in [7, 11) is -4.13. The minimum absolute atomic E-state index is 0.0439. The summed E-state index contributed by atoms with van der Waals surface area (Å²) in [6.07, 6.45) is 0. The molecule has 0 aliphatic heterocycles. The molecule has 196 valence electrons. The maximum absolute atomic E-state index is 13.8. The number of carbonyl (C=O) groups excluding carboxylic acids is 2. The summed E-state index contributed by atoms with van der Waals surface area (Å²) in [5, 5.41) is 3.18. The maximum Gasteiger partial charge on any atom is 0.264 e. The minimum Gasteiger partial charge on any atom is -0.352 e. The van der Waals surface area contributed by atoms with Gasteiger partial charge < -0.3 is 10.2 Å². The number of carbonyl (C=O) groups is 2. The zero-order valence-electron chi connectivity index (χ0n) is 21.4. The van der Waals surface area contributed by atoms with E-state index in [1.165, 1.54) is 23.1 Å². The summed E-state index contributed by atoms with van der Waals surface area (Å²) in [6, 6.07) is 21.1. The highest BCUT2D eigenvalue weighted by Gasteiger charge is 2.33. The van der Waals surface area contributed by atoms with Crippen LogP contribution in [0.2, 0.25) is 5.02 Å². The van der Waals surface area contributed by atoms with Crippen molar-refractivity contribution in [2.75, 3.05) is 10.8 Å². The lowest BCUT2D eigenvalue weighted by atomic mass is 10.1. The second-order valence-electron chi connectivity index (χ2n) is 9.10. The van der Waals surface area contributed by atoms with Crippen LogP contribution < -0.4 is 9.62 Å². The fourth-order valence-electron chi connectivity index (χ4n) is 3.85. The molecule has 1 unspecified atom stereocenters. The van der Waals surface area contributed by atoms with Gasteiger partial charge in [0.25, 0.3) is 10.0 Å². The van der Waals surface area contributed by atoms with Gasteiger partial charge in [0.15, 0.2) is 0 Å². The number of nitrogens with zero attached hydrogens (tertiary/aromatic N) is 2. The van der Waals surface area contributed by atoms with Crippen LogP contribution in [0.15, 0.2) is 83.8 Å². The molecule has 2 amide bonds. The van der Waals surface area contributed by atoms with Gasteiger partial charge in [-0.1, -0.05) is 66.2 Å². The van der Waals surface area contributed by atoms with Gasteiger partial charge in [-0.3, -0.25) is 13.9 Å². The predicted molar refractivity (Wildman–Crippen MR) is 147 cm³/mol. The van der Waals surface area contributed by atoms with E-state index in [9.17, 15) is 18.0 Å². The summed E-state index contributed by atoms with van der Waals surface area (Å²) in [4.78, 5) is 28.2. The quantitative estimate of drug-likeness (QED) is 0.400. The lowest BCUT2D eigenvalue weighted by Crippen LogP contribution is -2.52. The number of rotatable bonds is 10. The normalized spacial score (nSPS) is 12.2. The number of nitrogens with one attached hydrogen (secondary N) is 1. The number of anilines is 1. The third-order valence-corrected chi connectivity index (χ3v) is 7.85. The summed E-state index contributed by atoms with van der Waals surface area (Å²) < 4.78 is 28.7. The molecule has 7 nitrogen and oxygen atoms in total. The predicted octanol–water partition coefficient (Wildman–Crippen LogP) is 4.79. The molecule has 1 atom stereocenters. The smallest absolute Gasteiger partial charge is 0.264 e. The third kappa shape index (κ3) is 7.11. The van der Waals surface area contributed by atoms with Gasteiger partial charge in [-0.05, 0) is 63.1 Å². The molecule has 0 aliphatic carbocycles. The van der Waals surface area contributed by atoms with Gasteiger partial charge >= 0.3 is 0 Å². The molecule has 3 rings (SSSR count). The maximum atomic E-state index is 13.8. The van der Waals surface area contributed by atoms with E-state index in [1.54, 1.807) is 44.2 Å². The minimum atomic E-state index is -4.13. The van der Waals surface area contributed by atoms with Gasteiger partial charge in [-0.15, -0.1) is 0 Å². The highest BCUT2D eigenvalue weighted by atomic mass is 35.5. The Morgan fingerprint density at radius 3 is 2.11 bits per heavy atom. The van der Waals surface area contributed by atoms with E-state index >= 15 is 0 Å². The molecular formula is C28H32ClN3O4S. The molecule has 0 aromatic heterocycles. The van der Waals surface area contributed by atoms with Crippen LogP contribution in [-0.4, -0.2) is 43.8 Å². The molecule has 0 bridgehead atoms. The molecule has 0 aliphatic rings. The Kier molecular flexibility index (Phi) is 9.34. The van der Waals surface area contributed by atoms with E-state index in [2.05, 4.69) is 5.32 Å². The van der Waals surface area contributed by atoms with Gasteiger partial charge in [0, 0.05) is 17.6 Å². The van der Waals surface area contributed by atoms with Gasteiger partial charge in [0.1, 0.15) is 12.6 Å². The first-order valence-electron chi connectivity index (χ1n) is 12.0. The van der Waals surface area contributed by atoms with Gasteiger partial charge in [0.2, 0.25) is 11.8 Å². The van der Waals surface area contributed by atoms with Crippen molar-refractivity contribution in [1.29, 1.82) is 0 Å². The summed E-state index contributed by atoms with van der Waals surface area (Å²) in [5.74, 6) is -0.843. The van der Waals surface area contributed by atoms with Crippen LogP contribution in [0.25, 0.3) is 0 Å². The molecule has 0 saturated heterocycles. The number of hydrogen-bond donors (Lipinski definition) is 1. The van der Waals surface area contributed by atoms with Crippen LogP contribution in [0.1, 0.15) is 31.9 Å². The number of sulfonamides is 1. The van der Waals surface area contributed by atoms with Crippen molar-refractivity contribution in [3.05, 3.63) is 95.0 Å². The van der Waals surface area contributed by atoms with E-state index in [4.69, 9.17) is 11.6 Å². The monoisotopic (exact) mass is 541 g/mol. The SMILES string of the molecule is Cc1ccc(Cl)cc1N(CC(=O)N(Cc1ccccc1)C(C)C(=O)NC(C)C)S(=O)(=O)c1ccccc1. The third-order valence-electron chi connectivity index (χ3n) is 5.84. The number of hydrogen-bond acceptors (Lipinski definition) is 4. The van der Waals surface area contributed by atoms with Gasteiger partial charge in [0.05, 0.1) is 10.6 Å². The topological polar surface area (TPSA) is 86.8 Å². The standard InChI is InChI=1S/C28H32ClN3O4S/c1-20(2)30-28(34)22(4)31(18-23-11-7-5-8-12-23)27(33)19-32(26-17-24(29)16-15-21(26)3)37(35,36)25-13-9-6-10-14-25/h5-17,20,22H,18-19H2,1-4H3,(H,30,34). The van der Waals surface area contributed by atoms with E-state index in [0.717, 1.165) is 9.87 Å². The number of halogens is 1. The molecule has 0 fully saturated rings. The van der Waals surface area contributed by atoms with Crippen LogP contribution in [-0.2, 0) is 26.2 Å². The first-order valence-corrected chi connectivity index (χ1v) is 13.8. The summed E-state index contributed by atoms with van der Waals surface area (Å²) in [6.45, 7) is 6.70. The van der Waals surface area contributed by atoms with Crippen molar-refractivity contribution in [1.82, 2.24) is 10.2 Å². The van der Waals surface area contributed by atoms with Crippen molar-refractivity contribution >= 4 is 39.1 Å². The van der Waals surface area contributed by atoms with Gasteiger partial charge in [-0.25, -0.2) is 8.42 Å². The van der Waals surface area contributed by atoms with Gasteiger partial charge in [-0.2, -0.15) is 0 Å². The van der Waals surface area contributed by atoms with Crippen LogP contribution >= 0.6 is 11.6 Å². The molecule has 3 aromatic rings. The van der Waals surface area contributed by atoms with E-state index in [1.807, 2.05) is 44.2 Å². The van der Waals surface area contributed by atoms with Crippen LogP contribution in [0.3, 0.4) is 0 Å². The summed E-state index contributed by atoms with van der Waals surface area (Å²) in [5.41, 5.74) is 1.75. The number of benzene rings is 3. The fourth-order valence-corrected chi connectivity index (χ4v) is 5.51. The van der Waals surface area contributed by atoms with Crippen molar-refractivity contribution in [3.63, 3.8) is 0 Å². The molecule has 0 saturated carbocycles. The van der Waals surface area contributed by atoms with Crippen molar-refractivity contribution in [2.24, 2.45) is 0 Å². The molecule has 9 heteroatoms. The molecule has 37 heavy (non-hydrogen) atoms. The van der Waals surface area contributed by atoms with Crippen LogP contribution in [0, 0.1) is 6.92 Å². The summed E-state index contributed by atoms with van der Waals surface area (Å²) >= 11 is 6.23. The Morgan fingerprint density at radius 2 is 1.51 bits per heavy atom. The second-order valence-corrected chi connectivity index (χ2v) is 11.4. The van der Waals surface area contributed by atoms with Crippen molar-refractivity contribution in [3.8, 4) is 0 Å². The average Bonchev–Trinajstić information content (AvgIpc) is 2.87. The molecule has 3 aromatic carbocycles. The molecule has 1 N–H and O–H groups in total. The molecular weight excluding hydrogens is 510 g/mol. The molecule has 0 radical (unpaired) electrons. The number of aryl methyl sites for hydroxylation is 1. The Morgan fingerprint density at radius 1 is 0.919 bits per heavy atom. The van der Waals surface area contributed by atoms with E-state index in [-0.39, 0.29) is 23.4 Å². The lowest BCUT2D eigenvalue weighted by Gasteiger charge is -2.32. The Hall–Kier alpha value is -3.36. The highest BCUT2D eigenvalue weighted by molar-refractivity contribution is 7.92. The average molecular weight is 542 g/mol. The largest absolute Gasteiger partial charge is 0.352 e. The molecule has 0 heterocycles. The molecule has 0 spiro atoms. The zero-order valence-corrected chi connectivity index (χ0v) is 23.0. The van der Waals surface area contributed by atoms with Crippen LogP contribution in [0.4, 0.5) is 5.69 Å². The van der Waals surface area contributed by atoms with Crippen LogP contribution in [0.5, 0.6) is 0 Å². The van der Waals surface area contributed by atoms with Crippen molar-refractivity contribution in [2.45, 2.75) is 51.2 Å². The van der Waals surface area contributed by atoms with E-state index in [0.29, 0.717) is 16.3 Å². The van der Waals surface area contributed by atoms with Crippen molar-refractivity contribution < 1.29 is 18.0 Å². The second kappa shape index (κ2) is 12.3. The Balaban J connectivity index is 2.05. The number of amides is 2.